The van der Waals surface area contributed by atoms with Gasteiger partial charge in [-0.05, 0) is 24.7 Å². The van der Waals surface area contributed by atoms with Crippen LogP contribution in [0.1, 0.15) is 32.6 Å². The maximum atomic E-state index is 5.36. The van der Waals surface area contributed by atoms with E-state index in [-0.39, 0.29) is 0 Å². The summed E-state index contributed by atoms with van der Waals surface area (Å²) < 4.78 is 5.36. The monoisotopic (exact) mass is 282 g/mol. The third-order valence-electron chi connectivity index (χ3n) is 4.42. The first-order valence-corrected chi connectivity index (χ1v) is 8.03. The molecule has 2 aliphatic rings. The Hall–Kier alpha value is -0.810. The van der Waals surface area contributed by atoms with E-state index in [1.165, 1.54) is 25.7 Å². The molecule has 1 aliphatic heterocycles. The van der Waals surface area contributed by atoms with Crippen molar-refractivity contribution in [2.75, 3.05) is 53.0 Å². The molecule has 1 saturated carbocycles. The number of guanidine groups is 1. The first-order valence-electron chi connectivity index (χ1n) is 8.03. The van der Waals surface area contributed by atoms with Crippen molar-refractivity contribution in [2.24, 2.45) is 10.4 Å². The molecule has 2 rings (SSSR count). The molecule has 0 aromatic heterocycles. The SMILES string of the molecule is CCCC1(CNC(=NC)NCCN2CCOCC2)CC1. The highest BCUT2D eigenvalue weighted by Crippen LogP contribution is 2.48. The lowest BCUT2D eigenvalue weighted by Crippen LogP contribution is -2.45. The summed E-state index contributed by atoms with van der Waals surface area (Å²) in [6.07, 6.45) is 5.37. The fourth-order valence-electron chi connectivity index (χ4n) is 2.87. The molecule has 20 heavy (non-hydrogen) atoms. The number of rotatable bonds is 7. The molecule has 0 radical (unpaired) electrons. The zero-order valence-corrected chi connectivity index (χ0v) is 13.1. The van der Waals surface area contributed by atoms with Gasteiger partial charge < -0.3 is 15.4 Å². The minimum absolute atomic E-state index is 0.566. The van der Waals surface area contributed by atoms with Crippen molar-refractivity contribution in [3.8, 4) is 0 Å². The number of morpholine rings is 1. The van der Waals surface area contributed by atoms with Gasteiger partial charge in [-0.25, -0.2) is 0 Å². The van der Waals surface area contributed by atoms with Gasteiger partial charge in [0.2, 0.25) is 0 Å². The van der Waals surface area contributed by atoms with E-state index in [1.807, 2.05) is 7.05 Å². The molecule has 116 valence electrons. The summed E-state index contributed by atoms with van der Waals surface area (Å²) in [5.41, 5.74) is 0.566. The van der Waals surface area contributed by atoms with Crippen LogP contribution in [-0.2, 0) is 4.74 Å². The Bertz CT molecular complexity index is 309. The second-order valence-electron chi connectivity index (χ2n) is 6.06. The summed E-state index contributed by atoms with van der Waals surface area (Å²) in [6.45, 7) is 9.18. The van der Waals surface area contributed by atoms with Crippen molar-refractivity contribution in [1.82, 2.24) is 15.5 Å². The van der Waals surface area contributed by atoms with Crippen LogP contribution >= 0.6 is 0 Å². The number of hydrogen-bond acceptors (Lipinski definition) is 3. The topological polar surface area (TPSA) is 48.9 Å². The molecule has 1 aliphatic carbocycles. The molecule has 2 fully saturated rings. The van der Waals surface area contributed by atoms with Gasteiger partial charge in [-0.2, -0.15) is 0 Å². The maximum absolute atomic E-state index is 5.36. The van der Waals surface area contributed by atoms with E-state index < -0.39 is 0 Å². The molecule has 5 heteroatoms. The largest absolute Gasteiger partial charge is 0.379 e. The van der Waals surface area contributed by atoms with Gasteiger partial charge in [0, 0.05) is 39.8 Å². The molecular formula is C15H30N4O. The summed E-state index contributed by atoms with van der Waals surface area (Å²) in [7, 11) is 1.85. The van der Waals surface area contributed by atoms with Gasteiger partial charge in [-0.3, -0.25) is 9.89 Å². The third kappa shape index (κ3) is 4.94. The van der Waals surface area contributed by atoms with E-state index in [1.54, 1.807) is 0 Å². The lowest BCUT2D eigenvalue weighted by atomic mass is 10.0. The van der Waals surface area contributed by atoms with Gasteiger partial charge in [-0.1, -0.05) is 13.3 Å². The fraction of sp³-hybridized carbons (Fsp3) is 0.933. The molecule has 0 amide bonds. The van der Waals surface area contributed by atoms with Crippen molar-refractivity contribution in [1.29, 1.82) is 0 Å². The second-order valence-corrected chi connectivity index (χ2v) is 6.06. The quantitative estimate of drug-likeness (QED) is 0.541. The van der Waals surface area contributed by atoms with Gasteiger partial charge in [-0.15, -0.1) is 0 Å². The van der Waals surface area contributed by atoms with Crippen molar-refractivity contribution in [3.63, 3.8) is 0 Å². The highest BCUT2D eigenvalue weighted by Gasteiger charge is 2.41. The highest BCUT2D eigenvalue weighted by atomic mass is 16.5. The highest BCUT2D eigenvalue weighted by molar-refractivity contribution is 5.79. The summed E-state index contributed by atoms with van der Waals surface area (Å²) in [5.74, 6) is 0.945. The Kier molecular flexibility index (Phi) is 6.10. The van der Waals surface area contributed by atoms with Crippen LogP contribution in [0.25, 0.3) is 0 Å². The Morgan fingerprint density at radius 1 is 1.25 bits per heavy atom. The van der Waals surface area contributed by atoms with Crippen LogP contribution in [0.4, 0.5) is 0 Å². The predicted molar refractivity (Wildman–Crippen MR) is 83.2 cm³/mol. The Labute approximate surface area is 123 Å². The first-order chi connectivity index (χ1) is 9.78. The van der Waals surface area contributed by atoms with Gasteiger partial charge in [0.25, 0.3) is 0 Å². The van der Waals surface area contributed by atoms with Crippen LogP contribution < -0.4 is 10.6 Å². The minimum Gasteiger partial charge on any atom is -0.379 e. The summed E-state index contributed by atoms with van der Waals surface area (Å²) >= 11 is 0. The van der Waals surface area contributed by atoms with Crippen LogP contribution in [0.3, 0.4) is 0 Å². The molecule has 2 N–H and O–H groups in total. The van der Waals surface area contributed by atoms with E-state index in [0.29, 0.717) is 5.41 Å². The number of nitrogens with zero attached hydrogens (tertiary/aromatic N) is 2. The standard InChI is InChI=1S/C15H30N4O/c1-3-4-15(5-6-15)13-18-14(16-2)17-7-8-19-9-11-20-12-10-19/h3-13H2,1-2H3,(H2,16,17,18). The van der Waals surface area contributed by atoms with Gasteiger partial charge in [0.15, 0.2) is 5.96 Å². The molecule has 0 bridgehead atoms. The Balaban J connectivity index is 1.60. The molecule has 5 nitrogen and oxygen atoms in total. The van der Waals surface area contributed by atoms with E-state index in [9.17, 15) is 0 Å². The second kappa shape index (κ2) is 7.84. The smallest absolute Gasteiger partial charge is 0.191 e. The Morgan fingerprint density at radius 2 is 2.00 bits per heavy atom. The average Bonchev–Trinajstić information content (AvgIpc) is 3.24. The van der Waals surface area contributed by atoms with Crippen molar-refractivity contribution in [2.45, 2.75) is 32.6 Å². The van der Waals surface area contributed by atoms with Crippen LogP contribution in [0.2, 0.25) is 0 Å². The van der Waals surface area contributed by atoms with Crippen LogP contribution in [0.15, 0.2) is 4.99 Å². The fourth-order valence-corrected chi connectivity index (χ4v) is 2.87. The average molecular weight is 282 g/mol. The summed E-state index contributed by atoms with van der Waals surface area (Å²) in [5, 5.41) is 6.91. The predicted octanol–water partition coefficient (Wildman–Crippen LogP) is 1.06. The lowest BCUT2D eigenvalue weighted by Gasteiger charge is -2.27. The summed E-state index contributed by atoms with van der Waals surface area (Å²) in [4.78, 5) is 6.75. The first kappa shape index (κ1) is 15.6. The Morgan fingerprint density at radius 3 is 2.60 bits per heavy atom. The van der Waals surface area contributed by atoms with Crippen LogP contribution in [-0.4, -0.2) is 63.8 Å². The van der Waals surface area contributed by atoms with Crippen molar-refractivity contribution >= 4 is 5.96 Å². The van der Waals surface area contributed by atoms with Crippen LogP contribution in [0.5, 0.6) is 0 Å². The number of aliphatic imine (C=N–C) groups is 1. The minimum atomic E-state index is 0.566. The van der Waals surface area contributed by atoms with Crippen molar-refractivity contribution < 1.29 is 4.74 Å². The molecular weight excluding hydrogens is 252 g/mol. The van der Waals surface area contributed by atoms with E-state index in [2.05, 4.69) is 27.4 Å². The zero-order chi connectivity index (χ0) is 14.3. The van der Waals surface area contributed by atoms with E-state index in [4.69, 9.17) is 4.74 Å². The lowest BCUT2D eigenvalue weighted by molar-refractivity contribution is 0.0389. The molecule has 0 spiro atoms. The normalized spacial score (nSPS) is 22.6. The van der Waals surface area contributed by atoms with Gasteiger partial charge in [0.05, 0.1) is 13.2 Å². The molecule has 0 atom stereocenters. The van der Waals surface area contributed by atoms with Gasteiger partial charge in [0.1, 0.15) is 0 Å². The molecule has 0 unspecified atom stereocenters. The molecule has 0 aromatic carbocycles. The van der Waals surface area contributed by atoms with E-state index in [0.717, 1.165) is 51.9 Å². The van der Waals surface area contributed by atoms with Gasteiger partial charge >= 0.3 is 0 Å². The summed E-state index contributed by atoms with van der Waals surface area (Å²) in [6, 6.07) is 0. The zero-order valence-electron chi connectivity index (χ0n) is 13.1. The number of ether oxygens (including phenoxy) is 1. The maximum Gasteiger partial charge on any atom is 0.191 e. The molecule has 1 saturated heterocycles. The third-order valence-corrected chi connectivity index (χ3v) is 4.42. The number of hydrogen-bond donors (Lipinski definition) is 2. The number of nitrogens with one attached hydrogen (secondary N) is 2. The van der Waals surface area contributed by atoms with E-state index >= 15 is 0 Å². The molecule has 0 aromatic rings. The van der Waals surface area contributed by atoms with Crippen LogP contribution in [0, 0.1) is 5.41 Å². The van der Waals surface area contributed by atoms with Crippen molar-refractivity contribution in [3.05, 3.63) is 0 Å². The molecule has 1 heterocycles.